The first kappa shape index (κ1) is 18.5. The molecule has 2 aliphatic rings. The highest BCUT2D eigenvalue weighted by Crippen LogP contribution is 2.36. The van der Waals surface area contributed by atoms with Crippen molar-refractivity contribution in [1.82, 2.24) is 19.6 Å². The van der Waals surface area contributed by atoms with Crippen LogP contribution in [0, 0.1) is 6.92 Å². The Labute approximate surface area is 164 Å². The van der Waals surface area contributed by atoms with E-state index in [1.54, 1.807) is 30.9 Å². The van der Waals surface area contributed by atoms with Gasteiger partial charge in [-0.1, -0.05) is 17.7 Å². The van der Waals surface area contributed by atoms with E-state index in [0.717, 1.165) is 16.9 Å². The van der Waals surface area contributed by atoms with E-state index in [2.05, 4.69) is 11.2 Å². The Morgan fingerprint density at radius 2 is 1.89 bits per heavy atom. The van der Waals surface area contributed by atoms with Crippen molar-refractivity contribution in [1.29, 1.82) is 0 Å². The number of carbonyl (C=O) groups is 2. The van der Waals surface area contributed by atoms with Gasteiger partial charge in [0.2, 0.25) is 5.91 Å². The molecular formula is C21H26N4O3. The smallest absolute Gasteiger partial charge is 0.272 e. The van der Waals surface area contributed by atoms with Gasteiger partial charge in [0.1, 0.15) is 17.0 Å². The van der Waals surface area contributed by atoms with Crippen molar-refractivity contribution in [2.24, 2.45) is 7.05 Å². The lowest BCUT2D eigenvalue weighted by molar-refractivity contribution is -0.132. The zero-order chi connectivity index (χ0) is 19.9. The van der Waals surface area contributed by atoms with E-state index >= 15 is 0 Å². The molecule has 2 aromatic rings. The number of ether oxygens (including phenoxy) is 1. The van der Waals surface area contributed by atoms with E-state index in [9.17, 15) is 9.59 Å². The molecule has 148 valence electrons. The van der Waals surface area contributed by atoms with Gasteiger partial charge in [0.05, 0.1) is 6.54 Å². The summed E-state index contributed by atoms with van der Waals surface area (Å²) in [5.74, 6) is 0.884. The fourth-order valence-electron chi connectivity index (χ4n) is 4.15. The summed E-state index contributed by atoms with van der Waals surface area (Å²) < 4.78 is 8.12. The van der Waals surface area contributed by atoms with Gasteiger partial charge in [0.15, 0.2) is 0 Å². The summed E-state index contributed by atoms with van der Waals surface area (Å²) in [6, 6.07) is 7.87. The molecule has 2 aliphatic heterocycles. The predicted molar refractivity (Wildman–Crippen MR) is 104 cm³/mol. The summed E-state index contributed by atoms with van der Waals surface area (Å²) >= 11 is 0. The second kappa shape index (κ2) is 6.96. The van der Waals surface area contributed by atoms with E-state index < -0.39 is 5.60 Å². The first-order valence-corrected chi connectivity index (χ1v) is 9.68. The number of likely N-dealkylation sites (tertiary alicyclic amines) is 1. The van der Waals surface area contributed by atoms with E-state index in [1.165, 1.54) is 0 Å². The van der Waals surface area contributed by atoms with Crippen LogP contribution in [0.4, 0.5) is 0 Å². The molecule has 1 aromatic heterocycles. The van der Waals surface area contributed by atoms with Crippen molar-refractivity contribution >= 4 is 11.8 Å². The summed E-state index contributed by atoms with van der Waals surface area (Å²) in [6.07, 6.45) is 3.01. The third kappa shape index (κ3) is 3.37. The molecule has 0 radical (unpaired) electrons. The fourth-order valence-corrected chi connectivity index (χ4v) is 4.15. The van der Waals surface area contributed by atoms with Gasteiger partial charge in [-0.05, 0) is 19.1 Å². The van der Waals surface area contributed by atoms with Crippen LogP contribution in [-0.4, -0.2) is 56.6 Å². The van der Waals surface area contributed by atoms with Crippen molar-refractivity contribution in [3.63, 3.8) is 0 Å². The number of rotatable bonds is 1. The normalized spacial score (nSPS) is 18.4. The standard InChI is InChI=1S/C21H26N4O3/c1-15-4-5-19-17(12-15)13-25(16(2)26)14-21(28-19)7-10-24(11-8-21)20(27)18-6-9-22-23(18)3/h4-6,9,12H,7-8,10-11,13-14H2,1-3H3. The third-order valence-electron chi connectivity index (χ3n) is 5.83. The lowest BCUT2D eigenvalue weighted by atomic mass is 9.90. The Morgan fingerprint density at radius 3 is 2.54 bits per heavy atom. The molecule has 7 heteroatoms. The minimum Gasteiger partial charge on any atom is -0.485 e. The summed E-state index contributed by atoms with van der Waals surface area (Å²) in [5, 5.41) is 4.09. The van der Waals surface area contributed by atoms with Crippen LogP contribution in [0.15, 0.2) is 30.5 Å². The zero-order valence-electron chi connectivity index (χ0n) is 16.6. The monoisotopic (exact) mass is 382 g/mol. The fraction of sp³-hybridized carbons (Fsp3) is 0.476. The number of benzene rings is 1. The average Bonchev–Trinajstić information content (AvgIpc) is 3.02. The maximum atomic E-state index is 12.8. The van der Waals surface area contributed by atoms with Crippen molar-refractivity contribution in [2.45, 2.75) is 38.8 Å². The van der Waals surface area contributed by atoms with Crippen LogP contribution in [0.5, 0.6) is 5.75 Å². The van der Waals surface area contributed by atoms with Gasteiger partial charge >= 0.3 is 0 Å². The number of aryl methyl sites for hydroxylation is 2. The molecule has 0 unspecified atom stereocenters. The van der Waals surface area contributed by atoms with Gasteiger partial charge in [-0.3, -0.25) is 14.3 Å². The van der Waals surface area contributed by atoms with Crippen molar-refractivity contribution < 1.29 is 14.3 Å². The average molecular weight is 382 g/mol. The topological polar surface area (TPSA) is 67.7 Å². The number of nitrogens with zero attached hydrogens (tertiary/aromatic N) is 4. The summed E-state index contributed by atoms with van der Waals surface area (Å²) in [4.78, 5) is 28.7. The number of piperidine rings is 1. The molecule has 2 amide bonds. The molecule has 0 bridgehead atoms. The van der Waals surface area contributed by atoms with E-state index in [-0.39, 0.29) is 11.8 Å². The maximum absolute atomic E-state index is 12.8. The van der Waals surface area contributed by atoms with Gasteiger partial charge in [0.25, 0.3) is 5.91 Å². The van der Waals surface area contributed by atoms with E-state index in [4.69, 9.17) is 4.74 Å². The molecule has 3 heterocycles. The number of amides is 2. The summed E-state index contributed by atoms with van der Waals surface area (Å²) in [6.45, 7) is 5.95. The minimum atomic E-state index is -0.463. The predicted octanol–water partition coefficient (Wildman–Crippen LogP) is 2.14. The molecule has 0 N–H and O–H groups in total. The van der Waals surface area contributed by atoms with Crippen LogP contribution < -0.4 is 4.74 Å². The van der Waals surface area contributed by atoms with Crippen LogP contribution in [0.3, 0.4) is 0 Å². The number of fused-ring (bicyclic) bond motifs is 1. The summed E-state index contributed by atoms with van der Waals surface area (Å²) in [7, 11) is 1.77. The van der Waals surface area contributed by atoms with Crippen molar-refractivity contribution in [3.8, 4) is 5.75 Å². The van der Waals surface area contributed by atoms with Crippen molar-refractivity contribution in [3.05, 3.63) is 47.3 Å². The Bertz CT molecular complexity index is 912. The molecule has 1 fully saturated rings. The van der Waals surface area contributed by atoms with E-state index in [1.807, 2.05) is 28.9 Å². The lowest BCUT2D eigenvalue weighted by Gasteiger charge is -2.42. The Balaban J connectivity index is 1.56. The summed E-state index contributed by atoms with van der Waals surface area (Å²) in [5.41, 5.74) is 2.32. The van der Waals surface area contributed by atoms with Gasteiger partial charge < -0.3 is 14.5 Å². The number of aromatic nitrogens is 2. The first-order chi connectivity index (χ1) is 13.4. The second-order valence-electron chi connectivity index (χ2n) is 7.90. The number of carbonyl (C=O) groups excluding carboxylic acids is 2. The zero-order valence-corrected chi connectivity index (χ0v) is 16.6. The van der Waals surface area contributed by atoms with Crippen LogP contribution in [0.2, 0.25) is 0 Å². The Morgan fingerprint density at radius 1 is 1.14 bits per heavy atom. The Kier molecular flexibility index (Phi) is 4.61. The van der Waals surface area contributed by atoms with Crippen LogP contribution in [0.25, 0.3) is 0 Å². The van der Waals surface area contributed by atoms with Gasteiger partial charge in [-0.15, -0.1) is 0 Å². The molecule has 0 saturated carbocycles. The lowest BCUT2D eigenvalue weighted by Crippen LogP contribution is -2.55. The largest absolute Gasteiger partial charge is 0.485 e. The molecule has 1 aromatic carbocycles. The molecule has 1 spiro atoms. The number of hydrogen-bond donors (Lipinski definition) is 0. The van der Waals surface area contributed by atoms with Gasteiger partial charge in [-0.2, -0.15) is 5.10 Å². The van der Waals surface area contributed by atoms with Gasteiger partial charge in [0, 0.05) is 58.2 Å². The first-order valence-electron chi connectivity index (χ1n) is 9.68. The van der Waals surface area contributed by atoms with Crippen LogP contribution in [0.1, 0.15) is 41.4 Å². The molecule has 7 nitrogen and oxygen atoms in total. The molecule has 0 aliphatic carbocycles. The Hall–Kier alpha value is -2.83. The van der Waals surface area contributed by atoms with Crippen molar-refractivity contribution in [2.75, 3.05) is 19.6 Å². The molecule has 1 saturated heterocycles. The minimum absolute atomic E-state index is 0.0112. The van der Waals surface area contributed by atoms with Gasteiger partial charge in [-0.25, -0.2) is 0 Å². The highest BCUT2D eigenvalue weighted by molar-refractivity contribution is 5.92. The molecule has 0 atom stereocenters. The SMILES string of the molecule is CC(=O)N1Cc2cc(C)ccc2OC2(CCN(C(=O)c3ccnn3C)CC2)C1. The van der Waals surface area contributed by atoms with Crippen LogP contribution >= 0.6 is 0 Å². The quantitative estimate of drug-likeness (QED) is 0.758. The highest BCUT2D eigenvalue weighted by Gasteiger charge is 2.42. The molecule has 4 rings (SSSR count). The number of hydrogen-bond acceptors (Lipinski definition) is 4. The second-order valence-corrected chi connectivity index (χ2v) is 7.90. The van der Waals surface area contributed by atoms with Crippen LogP contribution in [-0.2, 0) is 18.4 Å². The highest BCUT2D eigenvalue weighted by atomic mass is 16.5. The third-order valence-corrected chi connectivity index (χ3v) is 5.83. The van der Waals surface area contributed by atoms with E-state index in [0.29, 0.717) is 44.7 Å². The molecular weight excluding hydrogens is 356 g/mol. The molecule has 28 heavy (non-hydrogen) atoms. The maximum Gasteiger partial charge on any atom is 0.272 e.